The highest BCUT2D eigenvalue weighted by Gasteiger charge is 2.15. The lowest BCUT2D eigenvalue weighted by atomic mass is 10.1. The number of carbonyl (C=O) groups is 1. The third kappa shape index (κ3) is 2.10. The number of carboxylic acid groups (broad SMARTS) is 1. The fourth-order valence-corrected chi connectivity index (χ4v) is 2.33. The van der Waals surface area contributed by atoms with Crippen LogP contribution >= 0.6 is 11.6 Å². The first-order valence-electron chi connectivity index (χ1n) is 5.91. The Morgan fingerprint density at radius 1 is 1.10 bits per heavy atom. The standard InChI is InChI=1S/C15H9ClN2O2/c16-10-4-3-6-12-14(10)9(15(19)20)8-13(18-12)11-5-1-2-7-17-11/h1-8H,(H,19,20). The molecule has 0 spiro atoms. The molecule has 2 aromatic heterocycles. The molecule has 0 aliphatic carbocycles. The fourth-order valence-electron chi connectivity index (χ4n) is 2.06. The summed E-state index contributed by atoms with van der Waals surface area (Å²) in [6.07, 6.45) is 1.64. The van der Waals surface area contributed by atoms with E-state index in [-0.39, 0.29) is 5.56 Å². The van der Waals surface area contributed by atoms with Gasteiger partial charge in [-0.2, -0.15) is 0 Å². The van der Waals surface area contributed by atoms with Crippen molar-refractivity contribution in [1.29, 1.82) is 0 Å². The van der Waals surface area contributed by atoms with Crippen LogP contribution in [0, 0.1) is 0 Å². The number of pyridine rings is 2. The van der Waals surface area contributed by atoms with Crippen molar-refractivity contribution in [2.24, 2.45) is 0 Å². The topological polar surface area (TPSA) is 63.1 Å². The first kappa shape index (κ1) is 12.6. The van der Waals surface area contributed by atoms with Gasteiger partial charge in [0.2, 0.25) is 0 Å². The molecule has 0 saturated heterocycles. The molecule has 2 heterocycles. The Labute approximate surface area is 119 Å². The van der Waals surface area contributed by atoms with E-state index in [1.54, 1.807) is 36.5 Å². The molecule has 0 atom stereocenters. The zero-order valence-corrected chi connectivity index (χ0v) is 11.0. The second-order valence-corrected chi connectivity index (χ2v) is 4.62. The molecule has 20 heavy (non-hydrogen) atoms. The number of halogens is 1. The lowest BCUT2D eigenvalue weighted by Crippen LogP contribution is -2.01. The van der Waals surface area contributed by atoms with E-state index >= 15 is 0 Å². The molecular formula is C15H9ClN2O2. The number of rotatable bonds is 2. The van der Waals surface area contributed by atoms with Gasteiger partial charge in [-0.05, 0) is 30.3 Å². The number of aromatic carboxylic acids is 1. The van der Waals surface area contributed by atoms with Gasteiger partial charge in [0.15, 0.2) is 0 Å². The van der Waals surface area contributed by atoms with Crippen LogP contribution in [0.2, 0.25) is 5.02 Å². The lowest BCUT2D eigenvalue weighted by molar-refractivity contribution is 0.0699. The van der Waals surface area contributed by atoms with E-state index in [2.05, 4.69) is 9.97 Å². The van der Waals surface area contributed by atoms with Crippen molar-refractivity contribution in [2.75, 3.05) is 0 Å². The first-order valence-corrected chi connectivity index (χ1v) is 6.28. The minimum Gasteiger partial charge on any atom is -0.478 e. The van der Waals surface area contributed by atoms with Gasteiger partial charge in [-0.3, -0.25) is 4.98 Å². The third-order valence-electron chi connectivity index (χ3n) is 2.94. The highest BCUT2D eigenvalue weighted by molar-refractivity contribution is 6.36. The van der Waals surface area contributed by atoms with Crippen LogP contribution < -0.4 is 0 Å². The number of fused-ring (bicyclic) bond motifs is 1. The largest absolute Gasteiger partial charge is 0.478 e. The van der Waals surface area contributed by atoms with Crippen LogP contribution in [-0.4, -0.2) is 21.0 Å². The van der Waals surface area contributed by atoms with E-state index < -0.39 is 5.97 Å². The zero-order chi connectivity index (χ0) is 14.1. The molecule has 98 valence electrons. The van der Waals surface area contributed by atoms with Crippen LogP contribution in [0.15, 0.2) is 48.7 Å². The van der Waals surface area contributed by atoms with Gasteiger partial charge < -0.3 is 5.11 Å². The molecule has 0 aliphatic rings. The highest BCUT2D eigenvalue weighted by atomic mass is 35.5. The monoisotopic (exact) mass is 284 g/mol. The van der Waals surface area contributed by atoms with Crippen LogP contribution in [-0.2, 0) is 0 Å². The summed E-state index contributed by atoms with van der Waals surface area (Å²) in [5, 5.41) is 10.2. The molecule has 0 amide bonds. The van der Waals surface area contributed by atoms with Crippen LogP contribution in [0.25, 0.3) is 22.3 Å². The number of hydrogen-bond acceptors (Lipinski definition) is 3. The van der Waals surface area contributed by atoms with E-state index in [0.717, 1.165) is 0 Å². The average Bonchev–Trinajstić information content (AvgIpc) is 2.47. The van der Waals surface area contributed by atoms with Gasteiger partial charge in [0.1, 0.15) is 0 Å². The maximum Gasteiger partial charge on any atom is 0.336 e. The molecule has 3 rings (SSSR count). The quantitative estimate of drug-likeness (QED) is 0.780. The Bertz CT molecular complexity index is 804. The summed E-state index contributed by atoms with van der Waals surface area (Å²) in [6, 6.07) is 12.0. The van der Waals surface area contributed by atoms with Gasteiger partial charge in [-0.15, -0.1) is 0 Å². The minimum atomic E-state index is -1.04. The zero-order valence-electron chi connectivity index (χ0n) is 10.2. The Balaban J connectivity index is 2.35. The number of aromatic nitrogens is 2. The molecule has 3 aromatic rings. The van der Waals surface area contributed by atoms with E-state index in [9.17, 15) is 9.90 Å². The number of benzene rings is 1. The second-order valence-electron chi connectivity index (χ2n) is 4.21. The molecule has 1 aromatic carbocycles. The molecule has 0 bridgehead atoms. The van der Waals surface area contributed by atoms with Crippen molar-refractivity contribution in [3.63, 3.8) is 0 Å². The first-order chi connectivity index (χ1) is 9.66. The van der Waals surface area contributed by atoms with Gasteiger partial charge in [0.25, 0.3) is 0 Å². The molecule has 0 fully saturated rings. The van der Waals surface area contributed by atoms with E-state index in [0.29, 0.717) is 27.3 Å². The molecule has 1 N–H and O–H groups in total. The highest BCUT2D eigenvalue weighted by Crippen LogP contribution is 2.29. The fraction of sp³-hybridized carbons (Fsp3) is 0. The Kier molecular flexibility index (Phi) is 3.08. The lowest BCUT2D eigenvalue weighted by Gasteiger charge is -2.07. The summed E-state index contributed by atoms with van der Waals surface area (Å²) in [6.45, 7) is 0. The number of hydrogen-bond donors (Lipinski definition) is 1. The van der Waals surface area contributed by atoms with E-state index in [1.807, 2.05) is 6.07 Å². The second kappa shape index (κ2) is 4.90. The van der Waals surface area contributed by atoms with Crippen molar-refractivity contribution >= 4 is 28.5 Å². The predicted octanol–water partition coefficient (Wildman–Crippen LogP) is 3.65. The van der Waals surface area contributed by atoms with Gasteiger partial charge in [0.05, 0.1) is 27.5 Å². The van der Waals surface area contributed by atoms with Gasteiger partial charge >= 0.3 is 5.97 Å². The summed E-state index contributed by atoms with van der Waals surface area (Å²) in [5.74, 6) is -1.04. The predicted molar refractivity (Wildman–Crippen MR) is 76.9 cm³/mol. The normalized spacial score (nSPS) is 10.7. The molecule has 4 nitrogen and oxygen atoms in total. The van der Waals surface area contributed by atoms with Crippen molar-refractivity contribution in [2.45, 2.75) is 0 Å². The summed E-state index contributed by atoms with van der Waals surface area (Å²) < 4.78 is 0. The smallest absolute Gasteiger partial charge is 0.336 e. The summed E-state index contributed by atoms with van der Waals surface area (Å²) in [7, 11) is 0. The van der Waals surface area contributed by atoms with Crippen LogP contribution in [0.3, 0.4) is 0 Å². The number of nitrogens with zero attached hydrogens (tertiary/aromatic N) is 2. The van der Waals surface area contributed by atoms with E-state index in [4.69, 9.17) is 11.6 Å². The Hall–Kier alpha value is -2.46. The molecule has 0 unspecified atom stereocenters. The molecule has 5 heteroatoms. The average molecular weight is 285 g/mol. The van der Waals surface area contributed by atoms with Gasteiger partial charge in [-0.1, -0.05) is 23.7 Å². The summed E-state index contributed by atoms with van der Waals surface area (Å²) in [4.78, 5) is 20.1. The van der Waals surface area contributed by atoms with Crippen LogP contribution in [0.4, 0.5) is 0 Å². The van der Waals surface area contributed by atoms with Gasteiger partial charge in [0, 0.05) is 11.6 Å². The summed E-state index contributed by atoms with van der Waals surface area (Å²) in [5.41, 5.74) is 1.80. The summed E-state index contributed by atoms with van der Waals surface area (Å²) >= 11 is 6.09. The maximum absolute atomic E-state index is 11.4. The number of carboxylic acids is 1. The van der Waals surface area contributed by atoms with Crippen LogP contribution in [0.5, 0.6) is 0 Å². The van der Waals surface area contributed by atoms with Crippen molar-refractivity contribution in [3.05, 3.63) is 59.2 Å². The van der Waals surface area contributed by atoms with E-state index in [1.165, 1.54) is 6.07 Å². The third-order valence-corrected chi connectivity index (χ3v) is 3.26. The molecule has 0 saturated carbocycles. The SMILES string of the molecule is O=C(O)c1cc(-c2ccccn2)nc2cccc(Cl)c12. The van der Waals surface area contributed by atoms with Crippen LogP contribution in [0.1, 0.15) is 10.4 Å². The maximum atomic E-state index is 11.4. The Morgan fingerprint density at radius 2 is 1.95 bits per heavy atom. The van der Waals surface area contributed by atoms with Crippen molar-refractivity contribution < 1.29 is 9.90 Å². The molecule has 0 radical (unpaired) electrons. The van der Waals surface area contributed by atoms with Gasteiger partial charge in [-0.25, -0.2) is 9.78 Å². The Morgan fingerprint density at radius 3 is 2.65 bits per heavy atom. The minimum absolute atomic E-state index is 0.126. The van der Waals surface area contributed by atoms with Crippen molar-refractivity contribution in [1.82, 2.24) is 9.97 Å². The molecule has 0 aliphatic heterocycles. The molecular weight excluding hydrogens is 276 g/mol. The van der Waals surface area contributed by atoms with Crippen molar-refractivity contribution in [3.8, 4) is 11.4 Å².